The van der Waals surface area contributed by atoms with Crippen LogP contribution in [0, 0.1) is 0 Å². The second-order valence-corrected chi connectivity index (χ2v) is 6.85. The highest BCUT2D eigenvalue weighted by Crippen LogP contribution is 2.35. The van der Waals surface area contributed by atoms with Gasteiger partial charge in [-0.05, 0) is 64.3 Å². The van der Waals surface area contributed by atoms with Crippen molar-refractivity contribution < 1.29 is 19.4 Å². The third-order valence-electron chi connectivity index (χ3n) is 3.96. The molecule has 0 aliphatic carbocycles. The van der Waals surface area contributed by atoms with Crippen molar-refractivity contribution in [1.82, 2.24) is 4.90 Å². The zero-order chi connectivity index (χ0) is 17.2. The van der Waals surface area contributed by atoms with Crippen LogP contribution >= 0.6 is 0 Å². The first kappa shape index (κ1) is 17.6. The Bertz CT molecular complexity index is 577. The number of benzene rings is 1. The fourth-order valence-electron chi connectivity index (χ4n) is 2.88. The molecule has 0 spiro atoms. The zero-order valence-corrected chi connectivity index (χ0v) is 14.7. The SMILES string of the molecule is CCOc1cc2c(cc1CO)CCN(C(=O)OC(C)(C)C)C2C. The van der Waals surface area contributed by atoms with E-state index in [0.717, 1.165) is 23.1 Å². The van der Waals surface area contributed by atoms with Crippen molar-refractivity contribution in [2.24, 2.45) is 0 Å². The molecular weight excluding hydrogens is 294 g/mol. The van der Waals surface area contributed by atoms with Gasteiger partial charge >= 0.3 is 6.09 Å². The van der Waals surface area contributed by atoms with Gasteiger partial charge in [0.2, 0.25) is 0 Å². The standard InChI is InChI=1S/C18H27NO4/c1-6-22-16-10-15-12(2)19(17(21)23-18(3,4)5)8-7-13(15)9-14(16)11-20/h9-10,12,20H,6-8,11H2,1-5H3. The van der Waals surface area contributed by atoms with Crippen molar-refractivity contribution in [2.45, 2.75) is 59.3 Å². The fraction of sp³-hybridized carbons (Fsp3) is 0.611. The Hall–Kier alpha value is -1.75. The van der Waals surface area contributed by atoms with E-state index >= 15 is 0 Å². The van der Waals surface area contributed by atoms with Crippen LogP contribution in [0.2, 0.25) is 0 Å². The number of amides is 1. The molecule has 0 saturated heterocycles. The van der Waals surface area contributed by atoms with E-state index in [1.165, 1.54) is 0 Å². The molecule has 1 aromatic carbocycles. The summed E-state index contributed by atoms with van der Waals surface area (Å²) in [6.07, 6.45) is 0.457. The van der Waals surface area contributed by atoms with Crippen LogP contribution in [-0.2, 0) is 17.8 Å². The average Bonchev–Trinajstić information content (AvgIpc) is 2.46. The summed E-state index contributed by atoms with van der Waals surface area (Å²) in [5.41, 5.74) is 2.50. The molecule has 2 rings (SSSR count). The molecular formula is C18H27NO4. The number of fused-ring (bicyclic) bond motifs is 1. The number of nitrogens with zero attached hydrogens (tertiary/aromatic N) is 1. The summed E-state index contributed by atoms with van der Waals surface area (Å²) >= 11 is 0. The van der Waals surface area contributed by atoms with Crippen LogP contribution in [0.5, 0.6) is 5.75 Å². The van der Waals surface area contributed by atoms with Gasteiger partial charge in [-0.3, -0.25) is 0 Å². The number of hydrogen-bond donors (Lipinski definition) is 1. The molecule has 5 nitrogen and oxygen atoms in total. The second-order valence-electron chi connectivity index (χ2n) is 6.85. The molecule has 0 fully saturated rings. The van der Waals surface area contributed by atoms with E-state index in [-0.39, 0.29) is 18.7 Å². The van der Waals surface area contributed by atoms with Crippen LogP contribution in [0.15, 0.2) is 12.1 Å². The molecule has 0 radical (unpaired) electrons. The van der Waals surface area contributed by atoms with Crippen molar-refractivity contribution in [3.63, 3.8) is 0 Å². The highest BCUT2D eigenvalue weighted by atomic mass is 16.6. The highest BCUT2D eigenvalue weighted by Gasteiger charge is 2.31. The van der Waals surface area contributed by atoms with Crippen molar-refractivity contribution >= 4 is 6.09 Å². The number of rotatable bonds is 3. The van der Waals surface area contributed by atoms with Crippen LogP contribution in [0.4, 0.5) is 4.79 Å². The molecule has 23 heavy (non-hydrogen) atoms. The molecule has 1 atom stereocenters. The molecule has 1 N–H and O–H groups in total. The lowest BCUT2D eigenvalue weighted by atomic mass is 9.91. The van der Waals surface area contributed by atoms with Gasteiger partial charge in [0, 0.05) is 12.1 Å². The molecule has 0 bridgehead atoms. The molecule has 0 saturated carbocycles. The number of aliphatic hydroxyl groups excluding tert-OH is 1. The first-order valence-electron chi connectivity index (χ1n) is 8.15. The molecule has 128 valence electrons. The van der Waals surface area contributed by atoms with Gasteiger partial charge in [-0.2, -0.15) is 0 Å². The molecule has 1 amide bonds. The Kier molecular flexibility index (Phi) is 5.19. The largest absolute Gasteiger partial charge is 0.493 e. The minimum atomic E-state index is -0.506. The van der Waals surface area contributed by atoms with Gasteiger partial charge in [-0.25, -0.2) is 4.79 Å². The number of carbonyl (C=O) groups is 1. The fourth-order valence-corrected chi connectivity index (χ4v) is 2.88. The first-order chi connectivity index (χ1) is 10.8. The predicted octanol–water partition coefficient (Wildman–Crippen LogP) is 3.43. The summed E-state index contributed by atoms with van der Waals surface area (Å²) in [6, 6.07) is 3.86. The van der Waals surface area contributed by atoms with Crippen LogP contribution in [0.1, 0.15) is 57.4 Å². The maximum atomic E-state index is 12.4. The number of aliphatic hydroxyl groups is 1. The Morgan fingerprint density at radius 3 is 2.65 bits per heavy atom. The second kappa shape index (κ2) is 6.79. The Labute approximate surface area is 138 Å². The van der Waals surface area contributed by atoms with Crippen molar-refractivity contribution in [3.8, 4) is 5.75 Å². The molecule has 5 heteroatoms. The van der Waals surface area contributed by atoms with Gasteiger partial charge in [-0.15, -0.1) is 0 Å². The van der Waals surface area contributed by atoms with Gasteiger partial charge in [0.15, 0.2) is 0 Å². The number of hydrogen-bond acceptors (Lipinski definition) is 4. The van der Waals surface area contributed by atoms with Crippen molar-refractivity contribution in [3.05, 3.63) is 28.8 Å². The summed E-state index contributed by atoms with van der Waals surface area (Å²) in [7, 11) is 0. The van der Waals surface area contributed by atoms with Gasteiger partial charge in [0.25, 0.3) is 0 Å². The minimum Gasteiger partial charge on any atom is -0.493 e. The maximum Gasteiger partial charge on any atom is 0.410 e. The Morgan fingerprint density at radius 2 is 2.09 bits per heavy atom. The first-order valence-corrected chi connectivity index (χ1v) is 8.15. The summed E-state index contributed by atoms with van der Waals surface area (Å²) in [6.45, 7) is 10.6. The monoisotopic (exact) mass is 321 g/mol. The van der Waals surface area contributed by atoms with E-state index in [0.29, 0.717) is 18.9 Å². The lowest BCUT2D eigenvalue weighted by molar-refractivity contribution is 0.0159. The van der Waals surface area contributed by atoms with E-state index in [1.54, 1.807) is 4.90 Å². The minimum absolute atomic E-state index is 0.0488. The third kappa shape index (κ3) is 3.96. The van der Waals surface area contributed by atoms with E-state index in [1.807, 2.05) is 46.8 Å². The molecule has 0 aromatic heterocycles. The van der Waals surface area contributed by atoms with Gasteiger partial charge in [-0.1, -0.05) is 0 Å². The smallest absolute Gasteiger partial charge is 0.410 e. The molecule has 1 aliphatic rings. The quantitative estimate of drug-likeness (QED) is 0.926. The summed E-state index contributed by atoms with van der Waals surface area (Å²) in [5, 5.41) is 9.52. The molecule has 1 aromatic rings. The highest BCUT2D eigenvalue weighted by molar-refractivity contribution is 5.69. The summed E-state index contributed by atoms with van der Waals surface area (Å²) in [4.78, 5) is 14.2. The lowest BCUT2D eigenvalue weighted by Crippen LogP contribution is -2.42. The summed E-state index contributed by atoms with van der Waals surface area (Å²) in [5.74, 6) is 0.687. The number of carbonyl (C=O) groups excluding carboxylic acids is 1. The van der Waals surface area contributed by atoms with E-state index in [2.05, 4.69) is 0 Å². The van der Waals surface area contributed by atoms with Gasteiger partial charge < -0.3 is 19.5 Å². The zero-order valence-electron chi connectivity index (χ0n) is 14.7. The van der Waals surface area contributed by atoms with E-state index in [4.69, 9.17) is 9.47 Å². The predicted molar refractivity (Wildman–Crippen MR) is 88.6 cm³/mol. The van der Waals surface area contributed by atoms with Crippen LogP contribution < -0.4 is 4.74 Å². The Balaban J connectivity index is 2.29. The topological polar surface area (TPSA) is 59.0 Å². The lowest BCUT2D eigenvalue weighted by Gasteiger charge is -2.36. The molecule has 1 aliphatic heterocycles. The Morgan fingerprint density at radius 1 is 1.39 bits per heavy atom. The maximum absolute atomic E-state index is 12.4. The normalized spacial score (nSPS) is 17.7. The van der Waals surface area contributed by atoms with E-state index < -0.39 is 5.60 Å². The van der Waals surface area contributed by atoms with Crippen molar-refractivity contribution in [1.29, 1.82) is 0 Å². The van der Waals surface area contributed by atoms with Crippen molar-refractivity contribution in [2.75, 3.05) is 13.2 Å². The molecule has 1 heterocycles. The van der Waals surface area contributed by atoms with Crippen LogP contribution in [0.25, 0.3) is 0 Å². The third-order valence-corrected chi connectivity index (χ3v) is 3.96. The van der Waals surface area contributed by atoms with Gasteiger partial charge in [0.1, 0.15) is 11.4 Å². The summed E-state index contributed by atoms with van der Waals surface area (Å²) < 4.78 is 11.1. The van der Waals surface area contributed by atoms with Crippen LogP contribution in [0.3, 0.4) is 0 Å². The van der Waals surface area contributed by atoms with E-state index in [9.17, 15) is 9.90 Å². The van der Waals surface area contributed by atoms with Gasteiger partial charge in [0.05, 0.1) is 19.3 Å². The average molecular weight is 321 g/mol. The van der Waals surface area contributed by atoms with Crippen LogP contribution in [-0.4, -0.2) is 34.9 Å². The molecule has 1 unspecified atom stereocenters. The number of ether oxygens (including phenoxy) is 2.